The van der Waals surface area contributed by atoms with Crippen LogP contribution in [0.25, 0.3) is 0 Å². The van der Waals surface area contributed by atoms with Gasteiger partial charge in [0.1, 0.15) is 6.10 Å². The van der Waals surface area contributed by atoms with Gasteiger partial charge < -0.3 is 39.4 Å². The maximum atomic E-state index is 11.8. The first kappa shape index (κ1) is 30.3. The van der Waals surface area contributed by atoms with Crippen molar-refractivity contribution in [2.24, 2.45) is 17.8 Å². The Morgan fingerprint density at radius 3 is 2.06 bits per heavy atom. The smallest absolute Gasteiger partial charge is 0.397 e. The minimum absolute atomic E-state index is 0.118. The monoisotopic (exact) mass is 530 g/mol. The van der Waals surface area contributed by atoms with Crippen molar-refractivity contribution >= 4 is 16.4 Å². The maximum absolute atomic E-state index is 11.8. The summed E-state index contributed by atoms with van der Waals surface area (Å²) in [4.78, 5) is 11.8. The Morgan fingerprint density at radius 1 is 0.857 bits per heavy atom. The van der Waals surface area contributed by atoms with Crippen LogP contribution in [0.15, 0.2) is 0 Å². The van der Waals surface area contributed by atoms with Crippen LogP contribution in [0.4, 0.5) is 0 Å². The van der Waals surface area contributed by atoms with Crippen molar-refractivity contribution in [3.05, 3.63) is 0 Å². The molecule has 0 amide bonds. The second-order valence-corrected chi connectivity index (χ2v) is 10.2. The molecule has 0 aromatic rings. The molecule has 35 heavy (non-hydrogen) atoms. The zero-order valence-corrected chi connectivity index (χ0v) is 21.0. The summed E-state index contributed by atoms with van der Waals surface area (Å²) in [5.41, 5.74) is 0. The first-order valence-electron chi connectivity index (χ1n) is 11.7. The molecule has 2 heterocycles. The maximum Gasteiger partial charge on any atom is 0.397 e. The number of rotatable bonds is 13. The fourth-order valence-corrected chi connectivity index (χ4v) is 4.69. The van der Waals surface area contributed by atoms with E-state index in [1.165, 1.54) is 0 Å². The van der Waals surface area contributed by atoms with Gasteiger partial charge in [0, 0.05) is 31.0 Å². The molecule has 5 N–H and O–H groups in total. The van der Waals surface area contributed by atoms with E-state index in [4.69, 9.17) is 23.5 Å². The molecule has 0 spiro atoms. The van der Waals surface area contributed by atoms with Gasteiger partial charge in [-0.3, -0.25) is 4.55 Å². The lowest BCUT2D eigenvalue weighted by Crippen LogP contribution is -2.58. The number of carbonyl (C=O) groups is 1. The molecule has 4 unspecified atom stereocenters. The van der Waals surface area contributed by atoms with E-state index in [0.29, 0.717) is 6.61 Å². The first-order valence-corrected chi connectivity index (χ1v) is 13.1. The molecule has 2 aliphatic heterocycles. The van der Waals surface area contributed by atoms with Crippen LogP contribution in [0.2, 0.25) is 0 Å². The molecule has 2 aliphatic rings. The number of aliphatic hydroxyl groups excluding tert-OH is 3. The first-order chi connectivity index (χ1) is 16.4. The van der Waals surface area contributed by atoms with Crippen molar-refractivity contribution < 1.29 is 61.3 Å². The van der Waals surface area contributed by atoms with E-state index in [0.717, 1.165) is 6.42 Å². The molecule has 0 saturated carbocycles. The number of ether oxygens (including phenoxy) is 4. The van der Waals surface area contributed by atoms with Crippen LogP contribution in [-0.2, 0) is 38.3 Å². The zero-order valence-electron chi connectivity index (χ0n) is 20.1. The Labute approximate surface area is 205 Å². The van der Waals surface area contributed by atoms with Gasteiger partial charge >= 0.3 is 16.4 Å². The van der Waals surface area contributed by atoms with Crippen molar-refractivity contribution in [2.75, 3.05) is 33.0 Å². The third-order valence-electron chi connectivity index (χ3n) is 6.59. The van der Waals surface area contributed by atoms with E-state index in [1.54, 1.807) is 13.8 Å². The Hall–Kier alpha value is -0.940. The van der Waals surface area contributed by atoms with Crippen molar-refractivity contribution in [2.45, 2.75) is 76.3 Å². The lowest BCUT2D eigenvalue weighted by atomic mass is 9.83. The lowest BCUT2D eigenvalue weighted by molar-refractivity contribution is -0.227. The number of carboxylic acid groups (broad SMARTS) is 1. The molecule has 0 aliphatic carbocycles. The van der Waals surface area contributed by atoms with Crippen LogP contribution in [-0.4, -0.2) is 115 Å². The molecule has 0 bridgehead atoms. The molecule has 2 rings (SSSR count). The fraction of sp³-hybridized carbons (Fsp3) is 0.952. The average Bonchev–Trinajstić information content (AvgIpc) is 2.78. The highest BCUT2D eigenvalue weighted by atomic mass is 32.3. The van der Waals surface area contributed by atoms with Gasteiger partial charge in [-0.1, -0.05) is 20.8 Å². The number of aliphatic carboxylic acids is 1. The molecular formula is C21H38O13S. The van der Waals surface area contributed by atoms with Crippen LogP contribution in [0.3, 0.4) is 0 Å². The highest BCUT2D eigenvalue weighted by molar-refractivity contribution is 7.80. The van der Waals surface area contributed by atoms with Crippen LogP contribution in [0.5, 0.6) is 0 Å². The van der Waals surface area contributed by atoms with Gasteiger partial charge in [-0.15, -0.1) is 0 Å². The summed E-state index contributed by atoms with van der Waals surface area (Å²) in [6.45, 7) is 5.15. The molecule has 2 fully saturated rings. The van der Waals surface area contributed by atoms with Crippen molar-refractivity contribution in [3.8, 4) is 0 Å². The van der Waals surface area contributed by atoms with E-state index in [2.05, 4.69) is 4.18 Å². The van der Waals surface area contributed by atoms with Crippen molar-refractivity contribution in [3.63, 3.8) is 0 Å². The number of carboxylic acids is 1. The van der Waals surface area contributed by atoms with Crippen LogP contribution in [0.1, 0.15) is 33.6 Å². The predicted octanol–water partition coefficient (Wildman–Crippen LogP) is -0.770. The standard InChI is InChI=1S/C21H38O13S/c1-4-6-30-7-5-14-19(24)18(23)13(20(34-14)21(25)26)8-31-9-15-11(2)17(22)12(3)16(33-15)10-32-35(27,28)29/h11-20,22-24H,4-10H2,1-3H3,(H,25,26)(H,27,28,29)/t11?,12-,13+,14+,15-,16?,17+,18-,19?,20?/m1/s1. The van der Waals surface area contributed by atoms with Gasteiger partial charge in [0.15, 0.2) is 6.10 Å². The molecule has 2 saturated heterocycles. The minimum Gasteiger partial charge on any atom is -0.479 e. The molecule has 206 valence electrons. The summed E-state index contributed by atoms with van der Waals surface area (Å²) >= 11 is 0. The minimum atomic E-state index is -4.69. The van der Waals surface area contributed by atoms with Crippen molar-refractivity contribution in [1.29, 1.82) is 0 Å². The quantitative estimate of drug-likeness (QED) is 0.147. The highest BCUT2D eigenvalue weighted by Crippen LogP contribution is 2.32. The van der Waals surface area contributed by atoms with Gasteiger partial charge in [-0.25, -0.2) is 8.98 Å². The summed E-state index contributed by atoms with van der Waals surface area (Å²) in [6, 6.07) is 0. The average molecular weight is 531 g/mol. The fourth-order valence-electron chi connectivity index (χ4n) is 4.38. The van der Waals surface area contributed by atoms with E-state index < -0.39 is 83.5 Å². The van der Waals surface area contributed by atoms with Gasteiger partial charge in [0.2, 0.25) is 0 Å². The largest absolute Gasteiger partial charge is 0.479 e. The number of aliphatic hydroxyl groups is 3. The summed E-state index contributed by atoms with van der Waals surface area (Å²) < 4.78 is 57.3. The highest BCUT2D eigenvalue weighted by Gasteiger charge is 2.48. The topological polar surface area (TPSA) is 199 Å². The second kappa shape index (κ2) is 13.6. The number of hydrogen-bond acceptors (Lipinski definition) is 11. The Morgan fingerprint density at radius 2 is 1.49 bits per heavy atom. The Bertz CT molecular complexity index is 762. The van der Waals surface area contributed by atoms with Gasteiger partial charge in [-0.2, -0.15) is 8.42 Å². The van der Waals surface area contributed by atoms with Gasteiger partial charge in [-0.05, 0) is 12.8 Å². The van der Waals surface area contributed by atoms with Crippen LogP contribution >= 0.6 is 0 Å². The normalized spacial score (nSPS) is 38.4. The second-order valence-electron chi connectivity index (χ2n) is 9.15. The molecule has 0 radical (unpaired) electrons. The van der Waals surface area contributed by atoms with E-state index in [1.807, 2.05) is 6.92 Å². The summed E-state index contributed by atoms with van der Waals surface area (Å²) in [5, 5.41) is 41.2. The van der Waals surface area contributed by atoms with Crippen LogP contribution < -0.4 is 0 Å². The number of hydrogen-bond donors (Lipinski definition) is 5. The predicted molar refractivity (Wildman–Crippen MR) is 119 cm³/mol. The molecule has 14 heteroatoms. The molecule has 13 nitrogen and oxygen atoms in total. The van der Waals surface area contributed by atoms with E-state index >= 15 is 0 Å². The van der Waals surface area contributed by atoms with Gasteiger partial charge in [0.05, 0.1) is 50.3 Å². The summed E-state index contributed by atoms with van der Waals surface area (Å²) in [7, 11) is -4.69. The van der Waals surface area contributed by atoms with Crippen LogP contribution in [0, 0.1) is 17.8 Å². The summed E-state index contributed by atoms with van der Waals surface area (Å²) in [6.07, 6.45) is -6.53. The van der Waals surface area contributed by atoms with Gasteiger partial charge in [0.25, 0.3) is 0 Å². The molecule has 0 aromatic carbocycles. The van der Waals surface area contributed by atoms with E-state index in [-0.39, 0.29) is 26.2 Å². The molecular weight excluding hydrogens is 492 g/mol. The van der Waals surface area contributed by atoms with E-state index in [9.17, 15) is 33.6 Å². The Balaban J connectivity index is 1.96. The molecule has 10 atom stereocenters. The molecule has 0 aromatic heterocycles. The zero-order chi connectivity index (χ0) is 26.3. The van der Waals surface area contributed by atoms with Crippen molar-refractivity contribution in [1.82, 2.24) is 0 Å². The third-order valence-corrected chi connectivity index (χ3v) is 7.03. The summed E-state index contributed by atoms with van der Waals surface area (Å²) in [5.74, 6) is -3.30. The Kier molecular flexibility index (Phi) is 11.7. The third kappa shape index (κ3) is 8.55. The SMILES string of the molecule is CCCOCC[C@@H]1OC(C(=O)O)[C@@H](COC[C@H]2OC(COS(=O)(=O)O)[C@@H](C)[C@@H](O)C2C)[C@@H](O)C1O. The lowest BCUT2D eigenvalue weighted by Gasteiger charge is -2.43.